The molecule has 0 amide bonds. The zero-order valence-electron chi connectivity index (χ0n) is 11.8. The largest absolute Gasteiger partial charge is 0.487 e. The lowest BCUT2D eigenvalue weighted by Gasteiger charge is -2.23. The first-order chi connectivity index (χ1) is 8.54. The van der Waals surface area contributed by atoms with Crippen LogP contribution in [0, 0.1) is 12.8 Å². The number of aryl methyl sites for hydroxylation is 1. The predicted octanol–water partition coefficient (Wildman–Crippen LogP) is 4.05. The summed E-state index contributed by atoms with van der Waals surface area (Å²) in [5.41, 5.74) is 1.15. The van der Waals surface area contributed by atoms with Gasteiger partial charge in [0.2, 0.25) is 0 Å². The molecule has 1 aromatic carbocycles. The van der Waals surface area contributed by atoms with Gasteiger partial charge in [0.1, 0.15) is 11.9 Å². The summed E-state index contributed by atoms with van der Waals surface area (Å²) < 4.78 is 6.01. The summed E-state index contributed by atoms with van der Waals surface area (Å²) in [6.45, 7) is 10.4. The van der Waals surface area contributed by atoms with Crippen molar-refractivity contribution in [2.24, 2.45) is 5.92 Å². The number of ether oxygens (including phenoxy) is 1. The SMILES string of the molecule is CCCNCC(Oc1ccc(C)cc1Cl)C(C)C. The van der Waals surface area contributed by atoms with Gasteiger partial charge in [-0.3, -0.25) is 0 Å². The average Bonchev–Trinajstić information content (AvgIpc) is 2.30. The third-order valence-electron chi connectivity index (χ3n) is 2.88. The second-order valence-electron chi connectivity index (χ2n) is 5.04. The molecule has 0 aliphatic carbocycles. The maximum atomic E-state index is 6.19. The summed E-state index contributed by atoms with van der Waals surface area (Å²) in [5, 5.41) is 4.09. The van der Waals surface area contributed by atoms with Gasteiger partial charge >= 0.3 is 0 Å². The van der Waals surface area contributed by atoms with E-state index >= 15 is 0 Å². The number of rotatable bonds is 7. The first-order valence-corrected chi connectivity index (χ1v) is 7.06. The van der Waals surface area contributed by atoms with Crippen LogP contribution in [0.25, 0.3) is 0 Å². The Morgan fingerprint density at radius 3 is 2.61 bits per heavy atom. The van der Waals surface area contributed by atoms with Gasteiger partial charge in [-0.05, 0) is 43.5 Å². The number of hydrogen-bond acceptors (Lipinski definition) is 2. The lowest BCUT2D eigenvalue weighted by molar-refractivity contribution is 0.149. The Hall–Kier alpha value is -0.730. The van der Waals surface area contributed by atoms with Gasteiger partial charge in [0.25, 0.3) is 0 Å². The summed E-state index contributed by atoms with van der Waals surface area (Å²) >= 11 is 6.19. The van der Waals surface area contributed by atoms with Gasteiger partial charge in [-0.1, -0.05) is 38.4 Å². The Balaban J connectivity index is 2.64. The molecular formula is C15H24ClNO. The molecule has 0 heterocycles. The fraction of sp³-hybridized carbons (Fsp3) is 0.600. The van der Waals surface area contributed by atoms with Gasteiger partial charge in [-0.2, -0.15) is 0 Å². The second-order valence-corrected chi connectivity index (χ2v) is 5.45. The van der Waals surface area contributed by atoms with Crippen LogP contribution >= 0.6 is 11.6 Å². The van der Waals surface area contributed by atoms with Gasteiger partial charge < -0.3 is 10.1 Å². The van der Waals surface area contributed by atoms with Crippen LogP contribution in [0.2, 0.25) is 5.02 Å². The Kier molecular flexibility index (Phi) is 6.51. The summed E-state index contributed by atoms with van der Waals surface area (Å²) in [6, 6.07) is 5.92. The summed E-state index contributed by atoms with van der Waals surface area (Å²) in [5.74, 6) is 1.23. The maximum Gasteiger partial charge on any atom is 0.138 e. The molecule has 0 saturated carbocycles. The predicted molar refractivity (Wildman–Crippen MR) is 78.6 cm³/mol. The first kappa shape index (κ1) is 15.3. The maximum absolute atomic E-state index is 6.19. The van der Waals surface area contributed by atoms with Gasteiger partial charge in [-0.25, -0.2) is 0 Å². The number of halogens is 1. The third-order valence-corrected chi connectivity index (χ3v) is 3.18. The molecule has 1 aromatic rings. The van der Waals surface area contributed by atoms with E-state index < -0.39 is 0 Å². The van der Waals surface area contributed by atoms with Crippen molar-refractivity contribution in [3.05, 3.63) is 28.8 Å². The standard InChI is InChI=1S/C15H24ClNO/c1-5-8-17-10-15(11(2)3)18-14-7-6-12(4)9-13(14)16/h6-7,9,11,15,17H,5,8,10H2,1-4H3. The normalized spacial score (nSPS) is 12.8. The minimum Gasteiger partial charge on any atom is -0.487 e. The van der Waals surface area contributed by atoms with E-state index in [9.17, 15) is 0 Å². The molecule has 0 saturated heterocycles. The molecule has 1 N–H and O–H groups in total. The van der Waals surface area contributed by atoms with Crippen LogP contribution in [0.5, 0.6) is 5.75 Å². The molecule has 1 rings (SSSR count). The van der Waals surface area contributed by atoms with Crippen molar-refractivity contribution < 1.29 is 4.74 Å². The monoisotopic (exact) mass is 269 g/mol. The lowest BCUT2D eigenvalue weighted by Crippen LogP contribution is -2.35. The van der Waals surface area contributed by atoms with Crippen molar-refractivity contribution in [2.75, 3.05) is 13.1 Å². The van der Waals surface area contributed by atoms with E-state index in [0.29, 0.717) is 10.9 Å². The quantitative estimate of drug-likeness (QED) is 0.754. The van der Waals surface area contributed by atoms with E-state index in [1.165, 1.54) is 0 Å². The van der Waals surface area contributed by atoms with E-state index in [0.717, 1.165) is 30.8 Å². The highest BCUT2D eigenvalue weighted by atomic mass is 35.5. The van der Waals surface area contributed by atoms with Gasteiger partial charge in [0.15, 0.2) is 0 Å². The second kappa shape index (κ2) is 7.65. The molecule has 1 unspecified atom stereocenters. The highest BCUT2D eigenvalue weighted by Gasteiger charge is 2.16. The van der Waals surface area contributed by atoms with Crippen molar-refractivity contribution >= 4 is 11.6 Å². The van der Waals surface area contributed by atoms with Crippen LogP contribution in [0.4, 0.5) is 0 Å². The van der Waals surface area contributed by atoms with Crippen LogP contribution in [-0.2, 0) is 0 Å². The van der Waals surface area contributed by atoms with Crippen molar-refractivity contribution in [3.63, 3.8) is 0 Å². The Morgan fingerprint density at radius 1 is 1.33 bits per heavy atom. The topological polar surface area (TPSA) is 21.3 Å². The van der Waals surface area contributed by atoms with Gasteiger partial charge in [-0.15, -0.1) is 0 Å². The molecule has 1 atom stereocenters. The zero-order valence-corrected chi connectivity index (χ0v) is 12.6. The summed E-state index contributed by atoms with van der Waals surface area (Å²) in [4.78, 5) is 0. The minimum absolute atomic E-state index is 0.150. The van der Waals surface area contributed by atoms with Crippen LogP contribution in [0.3, 0.4) is 0 Å². The summed E-state index contributed by atoms with van der Waals surface area (Å²) in [6.07, 6.45) is 1.28. The molecule has 18 heavy (non-hydrogen) atoms. The van der Waals surface area contributed by atoms with E-state index in [-0.39, 0.29) is 6.10 Å². The molecule has 0 aliphatic heterocycles. The van der Waals surface area contributed by atoms with Crippen molar-refractivity contribution in [2.45, 2.75) is 40.2 Å². The van der Waals surface area contributed by atoms with E-state index in [1.807, 2.05) is 25.1 Å². The first-order valence-electron chi connectivity index (χ1n) is 6.68. The van der Waals surface area contributed by atoms with Crippen LogP contribution in [0.15, 0.2) is 18.2 Å². The molecule has 0 fully saturated rings. The Bertz CT molecular complexity index is 366. The highest BCUT2D eigenvalue weighted by molar-refractivity contribution is 6.32. The molecule has 2 nitrogen and oxygen atoms in total. The van der Waals surface area contributed by atoms with E-state index in [1.54, 1.807) is 0 Å². The average molecular weight is 270 g/mol. The van der Waals surface area contributed by atoms with Crippen molar-refractivity contribution in [1.29, 1.82) is 0 Å². The molecular weight excluding hydrogens is 246 g/mol. The van der Waals surface area contributed by atoms with Gasteiger partial charge in [0, 0.05) is 6.54 Å². The number of nitrogens with one attached hydrogen (secondary N) is 1. The number of hydrogen-bond donors (Lipinski definition) is 1. The van der Waals surface area contributed by atoms with Crippen molar-refractivity contribution in [1.82, 2.24) is 5.32 Å². The molecule has 102 valence electrons. The van der Waals surface area contributed by atoms with E-state index in [2.05, 4.69) is 26.1 Å². The molecule has 0 bridgehead atoms. The van der Waals surface area contributed by atoms with E-state index in [4.69, 9.17) is 16.3 Å². The molecule has 0 aliphatic rings. The minimum atomic E-state index is 0.150. The molecule has 0 spiro atoms. The molecule has 0 radical (unpaired) electrons. The van der Waals surface area contributed by atoms with Gasteiger partial charge in [0.05, 0.1) is 5.02 Å². The molecule has 3 heteroatoms. The van der Waals surface area contributed by atoms with Crippen molar-refractivity contribution in [3.8, 4) is 5.75 Å². The third kappa shape index (κ3) is 4.87. The Labute approximate surface area is 116 Å². The summed E-state index contributed by atoms with van der Waals surface area (Å²) in [7, 11) is 0. The zero-order chi connectivity index (χ0) is 13.5. The Morgan fingerprint density at radius 2 is 2.06 bits per heavy atom. The molecule has 0 aromatic heterocycles. The van der Waals surface area contributed by atoms with Crippen LogP contribution in [-0.4, -0.2) is 19.2 Å². The highest BCUT2D eigenvalue weighted by Crippen LogP contribution is 2.27. The smallest absolute Gasteiger partial charge is 0.138 e. The number of benzene rings is 1. The lowest BCUT2D eigenvalue weighted by atomic mass is 10.1. The fourth-order valence-electron chi connectivity index (χ4n) is 1.70. The van der Waals surface area contributed by atoms with Crippen LogP contribution < -0.4 is 10.1 Å². The van der Waals surface area contributed by atoms with Crippen LogP contribution in [0.1, 0.15) is 32.8 Å². The fourth-order valence-corrected chi connectivity index (χ4v) is 1.98.